The average molecular weight is 402 g/mol. The molecule has 0 saturated carbocycles. The molecule has 28 heavy (non-hydrogen) atoms. The molecular formula is C18H22N6O3S. The van der Waals surface area contributed by atoms with E-state index < -0.39 is 23.4 Å². The molecule has 2 aromatic rings. The number of carbonyl (C=O) groups is 3. The van der Waals surface area contributed by atoms with Gasteiger partial charge in [0.2, 0.25) is 5.91 Å². The molecule has 3 rings (SSSR count). The van der Waals surface area contributed by atoms with Gasteiger partial charge in [-0.2, -0.15) is 5.01 Å². The Morgan fingerprint density at radius 3 is 2.75 bits per heavy atom. The Balaban J connectivity index is 1.56. The number of nitrogens with one attached hydrogen (secondary N) is 2. The van der Waals surface area contributed by atoms with Crippen LogP contribution in [0, 0.1) is 0 Å². The molecule has 10 heteroatoms. The number of rotatable bonds is 8. The van der Waals surface area contributed by atoms with E-state index in [2.05, 4.69) is 20.9 Å². The SMILES string of the molecule is CCn1cnnc1SCC(=O)NN1C(=O)N[C@](C)(CCc2ccccc2)C1=O. The quantitative estimate of drug-likeness (QED) is 0.510. The fourth-order valence-corrected chi connectivity index (χ4v) is 3.63. The van der Waals surface area contributed by atoms with Crippen LogP contribution in [-0.2, 0) is 22.6 Å². The van der Waals surface area contributed by atoms with Crippen LogP contribution in [0.25, 0.3) is 0 Å². The molecule has 1 aliphatic heterocycles. The van der Waals surface area contributed by atoms with Gasteiger partial charge in [0.25, 0.3) is 5.91 Å². The summed E-state index contributed by atoms with van der Waals surface area (Å²) in [5.41, 5.74) is 2.40. The first-order valence-electron chi connectivity index (χ1n) is 8.93. The summed E-state index contributed by atoms with van der Waals surface area (Å²) in [4.78, 5) is 37.2. The zero-order valence-electron chi connectivity index (χ0n) is 15.7. The van der Waals surface area contributed by atoms with E-state index >= 15 is 0 Å². The number of hydrogen-bond acceptors (Lipinski definition) is 6. The molecule has 9 nitrogen and oxygen atoms in total. The van der Waals surface area contributed by atoms with E-state index in [0.717, 1.165) is 10.6 Å². The summed E-state index contributed by atoms with van der Waals surface area (Å²) in [7, 11) is 0. The van der Waals surface area contributed by atoms with Crippen LogP contribution in [0.1, 0.15) is 25.8 Å². The van der Waals surface area contributed by atoms with Crippen LogP contribution in [0.2, 0.25) is 0 Å². The highest BCUT2D eigenvalue weighted by Gasteiger charge is 2.48. The second-order valence-corrected chi connectivity index (χ2v) is 7.55. The maximum Gasteiger partial charge on any atom is 0.344 e. The average Bonchev–Trinajstić information content (AvgIpc) is 3.24. The van der Waals surface area contributed by atoms with E-state index in [9.17, 15) is 14.4 Å². The van der Waals surface area contributed by atoms with Crippen LogP contribution in [-0.4, -0.2) is 48.9 Å². The lowest BCUT2D eigenvalue weighted by molar-refractivity contribution is -0.138. The van der Waals surface area contributed by atoms with Crippen LogP contribution < -0.4 is 10.7 Å². The zero-order chi connectivity index (χ0) is 20.1. The van der Waals surface area contributed by atoms with E-state index in [-0.39, 0.29) is 5.75 Å². The second-order valence-electron chi connectivity index (χ2n) is 6.61. The fraction of sp³-hybridized carbons (Fsp3) is 0.389. The minimum atomic E-state index is -1.06. The standard InChI is InChI=1S/C18H22N6O3S/c1-3-23-12-19-21-17(23)28-11-14(25)22-24-15(26)18(2,20-16(24)27)10-9-13-7-5-4-6-8-13/h4-8,12H,3,9-11H2,1-2H3,(H,20,27)(H,22,25)/t18-/m1/s1. The van der Waals surface area contributed by atoms with Gasteiger partial charge in [0.05, 0.1) is 5.75 Å². The van der Waals surface area contributed by atoms with E-state index in [1.807, 2.05) is 37.3 Å². The molecule has 1 fully saturated rings. The lowest BCUT2D eigenvalue weighted by Crippen LogP contribution is -2.49. The molecule has 1 aliphatic rings. The van der Waals surface area contributed by atoms with Crippen LogP contribution >= 0.6 is 11.8 Å². The van der Waals surface area contributed by atoms with Crippen LogP contribution in [0.15, 0.2) is 41.8 Å². The number of hydrazine groups is 1. The summed E-state index contributed by atoms with van der Waals surface area (Å²) < 4.78 is 1.80. The van der Waals surface area contributed by atoms with Crippen molar-refractivity contribution in [3.63, 3.8) is 0 Å². The fourth-order valence-electron chi connectivity index (χ4n) is 2.85. The summed E-state index contributed by atoms with van der Waals surface area (Å²) in [6.45, 7) is 4.29. The zero-order valence-corrected chi connectivity index (χ0v) is 16.5. The predicted molar refractivity (Wildman–Crippen MR) is 103 cm³/mol. The van der Waals surface area contributed by atoms with Crippen molar-refractivity contribution in [1.82, 2.24) is 30.5 Å². The monoisotopic (exact) mass is 402 g/mol. The number of aryl methyl sites for hydroxylation is 2. The highest BCUT2D eigenvalue weighted by Crippen LogP contribution is 2.22. The Hall–Kier alpha value is -2.88. The lowest BCUT2D eigenvalue weighted by Gasteiger charge is -2.21. The molecule has 1 saturated heterocycles. The maximum atomic E-state index is 12.7. The van der Waals surface area contributed by atoms with Gasteiger partial charge in [-0.1, -0.05) is 42.1 Å². The van der Waals surface area contributed by atoms with Gasteiger partial charge in [-0.3, -0.25) is 15.0 Å². The van der Waals surface area contributed by atoms with Crippen LogP contribution in [0.3, 0.4) is 0 Å². The van der Waals surface area contributed by atoms with Crippen LogP contribution in [0.4, 0.5) is 4.79 Å². The molecule has 0 spiro atoms. The predicted octanol–water partition coefficient (Wildman–Crippen LogP) is 1.36. The molecule has 1 aromatic carbocycles. The van der Waals surface area contributed by atoms with E-state index in [0.29, 0.717) is 24.5 Å². The molecule has 2 N–H and O–H groups in total. The number of amides is 4. The second kappa shape index (κ2) is 8.42. The minimum absolute atomic E-state index is 0.0104. The van der Waals surface area contributed by atoms with Crippen molar-refractivity contribution >= 4 is 29.6 Å². The number of benzene rings is 1. The number of nitrogens with zero attached hydrogens (tertiary/aromatic N) is 4. The number of aromatic nitrogens is 3. The van der Waals surface area contributed by atoms with Crippen LogP contribution in [0.5, 0.6) is 0 Å². The van der Waals surface area contributed by atoms with Gasteiger partial charge in [-0.15, -0.1) is 10.2 Å². The summed E-state index contributed by atoms with van der Waals surface area (Å²) in [5.74, 6) is -0.925. The molecule has 0 bridgehead atoms. The van der Waals surface area contributed by atoms with Gasteiger partial charge in [0, 0.05) is 6.54 Å². The Morgan fingerprint density at radius 1 is 1.29 bits per heavy atom. The number of imide groups is 1. The summed E-state index contributed by atoms with van der Waals surface area (Å²) in [6.07, 6.45) is 2.64. The lowest BCUT2D eigenvalue weighted by atomic mass is 9.93. The van der Waals surface area contributed by atoms with Crippen molar-refractivity contribution in [2.45, 2.75) is 43.9 Å². The first-order chi connectivity index (χ1) is 13.4. The molecule has 1 atom stereocenters. The van der Waals surface area contributed by atoms with Gasteiger partial charge < -0.3 is 9.88 Å². The van der Waals surface area contributed by atoms with Crippen molar-refractivity contribution in [3.8, 4) is 0 Å². The van der Waals surface area contributed by atoms with E-state index in [1.54, 1.807) is 17.8 Å². The van der Waals surface area contributed by atoms with Gasteiger partial charge in [0.15, 0.2) is 5.16 Å². The largest absolute Gasteiger partial charge is 0.344 e. The molecule has 1 aromatic heterocycles. The van der Waals surface area contributed by atoms with Gasteiger partial charge >= 0.3 is 6.03 Å². The number of urea groups is 1. The number of hydrogen-bond donors (Lipinski definition) is 2. The van der Waals surface area contributed by atoms with Crippen molar-refractivity contribution in [2.24, 2.45) is 0 Å². The molecule has 148 valence electrons. The molecule has 4 amide bonds. The molecule has 0 aliphatic carbocycles. The van der Waals surface area contributed by atoms with Crippen molar-refractivity contribution in [3.05, 3.63) is 42.2 Å². The topological polar surface area (TPSA) is 109 Å². The molecule has 2 heterocycles. The highest BCUT2D eigenvalue weighted by molar-refractivity contribution is 7.99. The molecule has 0 radical (unpaired) electrons. The maximum absolute atomic E-state index is 12.7. The summed E-state index contributed by atoms with van der Waals surface area (Å²) in [6, 6.07) is 9.08. The van der Waals surface area contributed by atoms with Gasteiger partial charge in [0.1, 0.15) is 11.9 Å². The molecule has 0 unspecified atom stereocenters. The van der Waals surface area contributed by atoms with E-state index in [4.69, 9.17) is 0 Å². The third-order valence-electron chi connectivity index (χ3n) is 4.51. The first-order valence-corrected chi connectivity index (χ1v) is 9.92. The van der Waals surface area contributed by atoms with Crippen molar-refractivity contribution in [1.29, 1.82) is 0 Å². The Bertz CT molecular complexity index is 871. The van der Waals surface area contributed by atoms with Crippen molar-refractivity contribution < 1.29 is 14.4 Å². The number of carbonyl (C=O) groups excluding carboxylic acids is 3. The smallest absolute Gasteiger partial charge is 0.322 e. The highest BCUT2D eigenvalue weighted by atomic mass is 32.2. The third-order valence-corrected chi connectivity index (χ3v) is 5.49. The first kappa shape index (κ1) is 19.9. The summed E-state index contributed by atoms with van der Waals surface area (Å²) in [5, 5.41) is 11.8. The van der Waals surface area contributed by atoms with Gasteiger partial charge in [-0.05, 0) is 32.3 Å². The number of thioether (sulfide) groups is 1. The molecular weight excluding hydrogens is 380 g/mol. The van der Waals surface area contributed by atoms with Gasteiger partial charge in [-0.25, -0.2) is 4.79 Å². The van der Waals surface area contributed by atoms with E-state index in [1.165, 1.54) is 11.8 Å². The summed E-state index contributed by atoms with van der Waals surface area (Å²) >= 11 is 1.19. The Labute approximate surface area is 166 Å². The Kier molecular flexibility index (Phi) is 5.98. The normalized spacial score (nSPS) is 19.0. The third kappa shape index (κ3) is 4.33. The minimum Gasteiger partial charge on any atom is -0.322 e. The Morgan fingerprint density at radius 2 is 2.04 bits per heavy atom. The van der Waals surface area contributed by atoms with Crippen molar-refractivity contribution in [2.75, 3.05) is 5.75 Å².